The normalized spacial score (nSPS) is 10.8. The number of fused-ring (bicyclic) bond motifs is 1. The Bertz CT molecular complexity index is 966. The molecular weight excluding hydrogens is 290 g/mol. The van der Waals surface area contributed by atoms with Crippen molar-refractivity contribution in [3.8, 4) is 17.3 Å². The van der Waals surface area contributed by atoms with E-state index in [0.717, 1.165) is 22.2 Å². The molecule has 0 bridgehead atoms. The van der Waals surface area contributed by atoms with Crippen LogP contribution in [0.4, 0.5) is 0 Å². The molecule has 0 N–H and O–H groups in total. The lowest BCUT2D eigenvalue weighted by Gasteiger charge is -2.09. The van der Waals surface area contributed by atoms with Gasteiger partial charge in [-0.25, -0.2) is 14.6 Å². The first-order valence-electron chi connectivity index (χ1n) is 7.15. The maximum absolute atomic E-state index is 5.97. The van der Waals surface area contributed by atoms with Crippen LogP contribution in [0.2, 0.25) is 0 Å². The Morgan fingerprint density at radius 1 is 1.04 bits per heavy atom. The lowest BCUT2D eigenvalue weighted by molar-refractivity contribution is 0.467. The summed E-state index contributed by atoms with van der Waals surface area (Å²) < 4.78 is 7.65. The molecule has 0 unspecified atom stereocenters. The highest BCUT2D eigenvalue weighted by molar-refractivity contribution is 5.84. The molecule has 0 aliphatic carbocycles. The van der Waals surface area contributed by atoms with Gasteiger partial charge < -0.3 is 4.74 Å². The van der Waals surface area contributed by atoms with Crippen LogP contribution in [0.1, 0.15) is 5.56 Å². The quantitative estimate of drug-likeness (QED) is 0.581. The number of aryl methyl sites for hydroxylation is 1. The molecule has 0 amide bonds. The first kappa shape index (κ1) is 13.4. The van der Waals surface area contributed by atoms with Gasteiger partial charge >= 0.3 is 0 Å². The summed E-state index contributed by atoms with van der Waals surface area (Å²) in [6.07, 6.45) is 4.92. The van der Waals surface area contributed by atoms with Crippen molar-refractivity contribution in [2.75, 3.05) is 0 Å². The Morgan fingerprint density at radius 3 is 2.87 bits per heavy atom. The molecule has 0 saturated carbocycles. The molecule has 0 saturated heterocycles. The van der Waals surface area contributed by atoms with Gasteiger partial charge in [0, 0.05) is 6.07 Å². The number of ether oxygens (including phenoxy) is 1. The SMILES string of the molecule is Cc1ccc2ncnc(Oc3cccc(-n4ccnn4)c3)c2c1. The molecule has 0 spiro atoms. The molecule has 2 aromatic carbocycles. The fraction of sp³-hybridized carbons (Fsp3) is 0.0588. The molecule has 2 aromatic heterocycles. The maximum atomic E-state index is 5.97. The first-order chi connectivity index (χ1) is 11.3. The minimum atomic E-state index is 0.537. The highest BCUT2D eigenvalue weighted by Crippen LogP contribution is 2.28. The topological polar surface area (TPSA) is 65.7 Å². The molecule has 2 heterocycles. The first-order valence-corrected chi connectivity index (χ1v) is 7.15. The lowest BCUT2D eigenvalue weighted by atomic mass is 10.2. The maximum Gasteiger partial charge on any atom is 0.230 e. The van der Waals surface area contributed by atoms with Crippen LogP contribution in [0.25, 0.3) is 16.6 Å². The van der Waals surface area contributed by atoms with E-state index in [-0.39, 0.29) is 0 Å². The predicted molar refractivity (Wildman–Crippen MR) is 85.7 cm³/mol. The molecule has 112 valence electrons. The fourth-order valence-electron chi connectivity index (χ4n) is 2.38. The van der Waals surface area contributed by atoms with E-state index in [2.05, 4.69) is 20.3 Å². The largest absolute Gasteiger partial charge is 0.438 e. The molecule has 0 atom stereocenters. The third kappa shape index (κ3) is 2.62. The summed E-state index contributed by atoms with van der Waals surface area (Å²) >= 11 is 0. The molecular formula is C17H13N5O. The van der Waals surface area contributed by atoms with Crippen LogP contribution >= 0.6 is 0 Å². The van der Waals surface area contributed by atoms with Gasteiger partial charge in [-0.2, -0.15) is 0 Å². The molecule has 0 aliphatic rings. The summed E-state index contributed by atoms with van der Waals surface area (Å²) in [5, 5.41) is 8.68. The van der Waals surface area contributed by atoms with Crippen molar-refractivity contribution in [1.82, 2.24) is 25.0 Å². The highest BCUT2D eigenvalue weighted by atomic mass is 16.5. The van der Waals surface area contributed by atoms with Crippen LogP contribution in [0.5, 0.6) is 11.6 Å². The summed E-state index contributed by atoms with van der Waals surface area (Å²) in [7, 11) is 0. The van der Waals surface area contributed by atoms with Gasteiger partial charge in [-0.05, 0) is 31.2 Å². The molecule has 0 fully saturated rings. The molecule has 6 nitrogen and oxygen atoms in total. The Morgan fingerprint density at radius 2 is 2.00 bits per heavy atom. The summed E-state index contributed by atoms with van der Waals surface area (Å²) in [5.41, 5.74) is 2.86. The molecule has 4 rings (SSSR count). The number of rotatable bonds is 3. The number of aromatic nitrogens is 5. The van der Waals surface area contributed by atoms with Gasteiger partial charge in [-0.3, -0.25) is 0 Å². The number of hydrogen-bond acceptors (Lipinski definition) is 5. The van der Waals surface area contributed by atoms with E-state index in [1.54, 1.807) is 17.1 Å². The number of nitrogens with zero attached hydrogens (tertiary/aromatic N) is 5. The van der Waals surface area contributed by atoms with Crippen LogP contribution in [0.15, 0.2) is 61.2 Å². The van der Waals surface area contributed by atoms with Crippen molar-refractivity contribution in [2.24, 2.45) is 0 Å². The van der Waals surface area contributed by atoms with Crippen LogP contribution in [-0.2, 0) is 0 Å². The lowest BCUT2D eigenvalue weighted by Crippen LogP contribution is -1.96. The van der Waals surface area contributed by atoms with Crippen molar-refractivity contribution in [3.63, 3.8) is 0 Å². The summed E-state index contributed by atoms with van der Waals surface area (Å²) in [6.45, 7) is 2.03. The van der Waals surface area contributed by atoms with Gasteiger partial charge in [0.15, 0.2) is 0 Å². The van der Waals surface area contributed by atoms with Gasteiger partial charge in [-0.1, -0.05) is 22.9 Å². The van der Waals surface area contributed by atoms with Crippen LogP contribution in [0, 0.1) is 6.92 Å². The number of hydrogen-bond donors (Lipinski definition) is 0. The van der Waals surface area contributed by atoms with Gasteiger partial charge in [0.05, 0.1) is 29.0 Å². The summed E-state index contributed by atoms with van der Waals surface area (Å²) in [4.78, 5) is 8.54. The minimum absolute atomic E-state index is 0.537. The smallest absolute Gasteiger partial charge is 0.230 e. The minimum Gasteiger partial charge on any atom is -0.438 e. The van der Waals surface area contributed by atoms with Gasteiger partial charge in [0.25, 0.3) is 0 Å². The molecule has 0 radical (unpaired) electrons. The predicted octanol–water partition coefficient (Wildman–Crippen LogP) is 3.31. The fourth-order valence-corrected chi connectivity index (χ4v) is 2.38. The van der Waals surface area contributed by atoms with Crippen molar-refractivity contribution in [3.05, 3.63) is 66.7 Å². The molecule has 4 aromatic rings. The van der Waals surface area contributed by atoms with Crippen molar-refractivity contribution < 1.29 is 4.74 Å². The van der Waals surface area contributed by atoms with Crippen LogP contribution in [-0.4, -0.2) is 25.0 Å². The Balaban J connectivity index is 1.74. The third-order valence-corrected chi connectivity index (χ3v) is 3.47. The average molecular weight is 303 g/mol. The van der Waals surface area contributed by atoms with E-state index in [1.165, 1.54) is 6.33 Å². The Labute approximate surface area is 132 Å². The van der Waals surface area contributed by atoms with Crippen molar-refractivity contribution in [1.29, 1.82) is 0 Å². The van der Waals surface area contributed by atoms with E-state index in [9.17, 15) is 0 Å². The zero-order valence-corrected chi connectivity index (χ0v) is 12.4. The third-order valence-electron chi connectivity index (χ3n) is 3.47. The van der Waals surface area contributed by atoms with Gasteiger partial charge in [0.2, 0.25) is 5.88 Å². The standard InChI is InChI=1S/C17H13N5O/c1-12-5-6-16-15(9-12)17(19-11-18-16)23-14-4-2-3-13(10-14)22-8-7-20-21-22/h2-11H,1H3. The monoisotopic (exact) mass is 303 g/mol. The zero-order valence-electron chi connectivity index (χ0n) is 12.4. The van der Waals surface area contributed by atoms with E-state index in [4.69, 9.17) is 4.74 Å². The number of benzene rings is 2. The second-order valence-corrected chi connectivity index (χ2v) is 5.15. The molecule has 6 heteroatoms. The second kappa shape index (κ2) is 5.49. The van der Waals surface area contributed by atoms with Gasteiger partial charge in [0.1, 0.15) is 12.1 Å². The van der Waals surface area contributed by atoms with E-state index in [0.29, 0.717) is 11.6 Å². The van der Waals surface area contributed by atoms with Crippen LogP contribution < -0.4 is 4.74 Å². The summed E-state index contributed by atoms with van der Waals surface area (Å²) in [6, 6.07) is 13.6. The second-order valence-electron chi connectivity index (χ2n) is 5.15. The van der Waals surface area contributed by atoms with E-state index in [1.807, 2.05) is 49.4 Å². The summed E-state index contributed by atoms with van der Waals surface area (Å²) in [5.74, 6) is 1.22. The zero-order chi connectivity index (χ0) is 15.6. The van der Waals surface area contributed by atoms with Crippen molar-refractivity contribution >= 4 is 10.9 Å². The highest BCUT2D eigenvalue weighted by Gasteiger charge is 2.07. The van der Waals surface area contributed by atoms with Crippen LogP contribution in [0.3, 0.4) is 0 Å². The van der Waals surface area contributed by atoms with E-state index >= 15 is 0 Å². The average Bonchev–Trinajstić information content (AvgIpc) is 3.10. The van der Waals surface area contributed by atoms with E-state index < -0.39 is 0 Å². The van der Waals surface area contributed by atoms with Crippen molar-refractivity contribution in [2.45, 2.75) is 6.92 Å². The van der Waals surface area contributed by atoms with Gasteiger partial charge in [-0.15, -0.1) is 5.10 Å². The molecule has 0 aliphatic heterocycles. The molecule has 23 heavy (non-hydrogen) atoms. The Hall–Kier alpha value is -3.28. The Kier molecular flexibility index (Phi) is 3.20.